The van der Waals surface area contributed by atoms with Crippen LogP contribution in [-0.4, -0.2) is 61.5 Å². The molecule has 3 aromatic rings. The van der Waals surface area contributed by atoms with Crippen molar-refractivity contribution >= 4 is 28.5 Å². The van der Waals surface area contributed by atoms with Crippen molar-refractivity contribution in [3.8, 4) is 5.75 Å². The first kappa shape index (κ1) is 25.5. The van der Waals surface area contributed by atoms with Crippen molar-refractivity contribution < 1.29 is 14.3 Å². The maximum absolute atomic E-state index is 13.3. The summed E-state index contributed by atoms with van der Waals surface area (Å²) in [6, 6.07) is 17.5. The van der Waals surface area contributed by atoms with Crippen molar-refractivity contribution in [3.05, 3.63) is 65.7 Å². The molecule has 1 aliphatic heterocycles. The number of methoxy groups -OCH3 is 1. The lowest BCUT2D eigenvalue weighted by molar-refractivity contribution is -0.135. The fourth-order valence-electron chi connectivity index (χ4n) is 4.90. The number of pyridine rings is 1. The van der Waals surface area contributed by atoms with Crippen LogP contribution in [0, 0.1) is 5.92 Å². The molecule has 1 aromatic heterocycles. The van der Waals surface area contributed by atoms with Crippen LogP contribution < -0.4 is 15.0 Å². The monoisotopic (exact) mass is 488 g/mol. The number of ether oxygens (including phenoxy) is 1. The molecule has 190 valence electrons. The van der Waals surface area contributed by atoms with Crippen LogP contribution in [0.3, 0.4) is 0 Å². The van der Waals surface area contributed by atoms with E-state index in [0.29, 0.717) is 18.7 Å². The number of carbonyl (C=O) groups excluding carboxylic acids is 2. The van der Waals surface area contributed by atoms with E-state index in [1.807, 2.05) is 73.3 Å². The summed E-state index contributed by atoms with van der Waals surface area (Å²) in [5.41, 5.74) is 2.53. The van der Waals surface area contributed by atoms with Gasteiger partial charge in [0.25, 0.3) is 5.91 Å². The Morgan fingerprint density at radius 3 is 2.58 bits per heavy atom. The summed E-state index contributed by atoms with van der Waals surface area (Å²) in [6.45, 7) is 7.47. The van der Waals surface area contributed by atoms with Crippen LogP contribution in [0.5, 0.6) is 5.75 Å². The molecule has 1 N–H and O–H groups in total. The van der Waals surface area contributed by atoms with E-state index in [9.17, 15) is 9.59 Å². The van der Waals surface area contributed by atoms with E-state index in [1.165, 1.54) is 0 Å². The van der Waals surface area contributed by atoms with Gasteiger partial charge in [0, 0.05) is 38.1 Å². The van der Waals surface area contributed by atoms with Gasteiger partial charge in [0.1, 0.15) is 11.6 Å². The average molecular weight is 489 g/mol. The Bertz CT molecular complexity index is 1190. The molecule has 36 heavy (non-hydrogen) atoms. The second kappa shape index (κ2) is 11.9. The largest absolute Gasteiger partial charge is 0.497 e. The van der Waals surface area contributed by atoms with E-state index < -0.39 is 0 Å². The Morgan fingerprint density at radius 2 is 1.86 bits per heavy atom. The van der Waals surface area contributed by atoms with E-state index in [-0.39, 0.29) is 17.7 Å². The summed E-state index contributed by atoms with van der Waals surface area (Å²) in [7, 11) is 1.65. The van der Waals surface area contributed by atoms with Crippen molar-refractivity contribution in [1.82, 2.24) is 15.2 Å². The third kappa shape index (κ3) is 5.78. The van der Waals surface area contributed by atoms with Gasteiger partial charge in [0.05, 0.1) is 24.1 Å². The van der Waals surface area contributed by atoms with Crippen LogP contribution >= 0.6 is 0 Å². The van der Waals surface area contributed by atoms with Gasteiger partial charge in [-0.15, -0.1) is 0 Å². The number of anilines is 1. The lowest BCUT2D eigenvalue weighted by atomic mass is 9.96. The summed E-state index contributed by atoms with van der Waals surface area (Å²) in [4.78, 5) is 35.2. The Morgan fingerprint density at radius 1 is 1.11 bits per heavy atom. The topological polar surface area (TPSA) is 74.8 Å². The number of hydrogen-bond donors (Lipinski definition) is 1. The molecule has 1 atom stereocenters. The molecule has 7 nitrogen and oxygen atoms in total. The van der Waals surface area contributed by atoms with Gasteiger partial charge in [0.15, 0.2) is 0 Å². The molecule has 1 unspecified atom stereocenters. The Hall–Kier alpha value is -3.61. The van der Waals surface area contributed by atoms with E-state index >= 15 is 0 Å². The van der Waals surface area contributed by atoms with Crippen molar-refractivity contribution in [1.29, 1.82) is 0 Å². The molecule has 1 aliphatic rings. The third-order valence-corrected chi connectivity index (χ3v) is 6.98. The predicted molar refractivity (Wildman–Crippen MR) is 144 cm³/mol. The van der Waals surface area contributed by atoms with Crippen LogP contribution in [0.1, 0.15) is 42.6 Å². The fraction of sp³-hybridized carbons (Fsp3) is 0.414. The molecule has 4 rings (SSSR count). The van der Waals surface area contributed by atoms with Gasteiger partial charge in [-0.25, -0.2) is 4.98 Å². The number of carbonyl (C=O) groups is 2. The molecule has 7 heteroatoms. The van der Waals surface area contributed by atoms with E-state index in [2.05, 4.69) is 10.2 Å². The minimum Gasteiger partial charge on any atom is -0.497 e. The summed E-state index contributed by atoms with van der Waals surface area (Å²) in [6.07, 6.45) is 2.54. The first-order valence-corrected chi connectivity index (χ1v) is 12.9. The van der Waals surface area contributed by atoms with Gasteiger partial charge in [-0.1, -0.05) is 30.3 Å². The third-order valence-electron chi connectivity index (χ3n) is 6.98. The molecule has 0 saturated carbocycles. The van der Waals surface area contributed by atoms with Gasteiger partial charge < -0.3 is 19.9 Å². The van der Waals surface area contributed by atoms with Gasteiger partial charge in [-0.2, -0.15) is 0 Å². The SMILES string of the molecule is CCN(CC)C(=O)C1CCCN(c2cc(C(=O)NCCc3ccc(OC)cc3)c3ccccc3n2)C1. The van der Waals surface area contributed by atoms with Crippen molar-refractivity contribution in [2.75, 3.05) is 44.7 Å². The van der Waals surface area contributed by atoms with Crippen LogP contribution in [0.2, 0.25) is 0 Å². The van der Waals surface area contributed by atoms with Gasteiger partial charge in [-0.05, 0) is 62.9 Å². The first-order valence-electron chi connectivity index (χ1n) is 12.9. The van der Waals surface area contributed by atoms with Gasteiger partial charge in [-0.3, -0.25) is 9.59 Å². The zero-order valence-corrected chi connectivity index (χ0v) is 21.5. The van der Waals surface area contributed by atoms with Crippen molar-refractivity contribution in [2.24, 2.45) is 5.92 Å². The Balaban J connectivity index is 1.51. The molecule has 1 saturated heterocycles. The summed E-state index contributed by atoms with van der Waals surface area (Å²) < 4.78 is 5.21. The second-order valence-corrected chi connectivity index (χ2v) is 9.19. The van der Waals surface area contributed by atoms with Crippen LogP contribution in [0.25, 0.3) is 10.9 Å². The molecule has 0 spiro atoms. The molecular formula is C29H36N4O3. The molecule has 0 radical (unpaired) electrons. The molecule has 2 amide bonds. The second-order valence-electron chi connectivity index (χ2n) is 9.19. The molecule has 2 heterocycles. The number of nitrogens with zero attached hydrogens (tertiary/aromatic N) is 3. The summed E-state index contributed by atoms with van der Waals surface area (Å²) in [5, 5.41) is 3.91. The van der Waals surface area contributed by atoms with Crippen LogP contribution in [-0.2, 0) is 11.2 Å². The first-order chi connectivity index (χ1) is 17.5. The molecule has 0 aliphatic carbocycles. The normalized spacial score (nSPS) is 15.5. The minimum absolute atomic E-state index is 0.0475. The maximum Gasteiger partial charge on any atom is 0.252 e. The van der Waals surface area contributed by atoms with Gasteiger partial charge in [0.2, 0.25) is 5.91 Å². The van der Waals surface area contributed by atoms with E-state index in [0.717, 1.165) is 66.9 Å². The summed E-state index contributed by atoms with van der Waals surface area (Å²) >= 11 is 0. The molecule has 0 bridgehead atoms. The van der Waals surface area contributed by atoms with Crippen LogP contribution in [0.15, 0.2) is 54.6 Å². The van der Waals surface area contributed by atoms with Gasteiger partial charge >= 0.3 is 0 Å². The zero-order chi connectivity index (χ0) is 25.5. The highest BCUT2D eigenvalue weighted by atomic mass is 16.5. The van der Waals surface area contributed by atoms with Crippen LogP contribution in [0.4, 0.5) is 5.82 Å². The number of benzene rings is 2. The zero-order valence-electron chi connectivity index (χ0n) is 21.5. The number of rotatable bonds is 9. The Labute approximate surface area is 213 Å². The highest BCUT2D eigenvalue weighted by Crippen LogP contribution is 2.27. The number of amides is 2. The smallest absolute Gasteiger partial charge is 0.252 e. The standard InChI is InChI=1S/C29H36N4O3/c1-4-32(5-2)29(35)22-9-8-18-33(20-22)27-19-25(24-10-6-7-11-26(24)31-27)28(34)30-17-16-21-12-14-23(36-3)15-13-21/h6-7,10-15,19,22H,4-5,8-9,16-18,20H2,1-3H3,(H,30,34). The molecular weight excluding hydrogens is 452 g/mol. The summed E-state index contributed by atoms with van der Waals surface area (Å²) in [5.74, 6) is 1.62. The number of fused-ring (bicyclic) bond motifs is 1. The highest BCUT2D eigenvalue weighted by molar-refractivity contribution is 6.07. The highest BCUT2D eigenvalue weighted by Gasteiger charge is 2.29. The quantitative estimate of drug-likeness (QED) is 0.486. The average Bonchev–Trinajstić information content (AvgIpc) is 2.93. The van der Waals surface area contributed by atoms with Crippen molar-refractivity contribution in [2.45, 2.75) is 33.1 Å². The lowest BCUT2D eigenvalue weighted by Crippen LogP contribution is -2.45. The van der Waals surface area contributed by atoms with E-state index in [4.69, 9.17) is 9.72 Å². The Kier molecular flexibility index (Phi) is 8.41. The maximum atomic E-state index is 13.3. The minimum atomic E-state index is -0.115. The number of piperidine rings is 1. The predicted octanol–water partition coefficient (Wildman–Crippen LogP) is 4.30. The van der Waals surface area contributed by atoms with E-state index in [1.54, 1.807) is 7.11 Å². The molecule has 2 aromatic carbocycles. The molecule has 1 fully saturated rings. The van der Waals surface area contributed by atoms with Crippen molar-refractivity contribution in [3.63, 3.8) is 0 Å². The number of hydrogen-bond acceptors (Lipinski definition) is 5. The lowest BCUT2D eigenvalue weighted by Gasteiger charge is -2.35. The fourth-order valence-corrected chi connectivity index (χ4v) is 4.90. The number of aromatic nitrogens is 1. The number of nitrogens with one attached hydrogen (secondary N) is 1. The number of para-hydroxylation sites is 1.